The average molecular weight is 264 g/mol. The number of ether oxygens (including phenoxy) is 1. The van der Waals surface area contributed by atoms with Crippen LogP contribution >= 0.6 is 0 Å². The van der Waals surface area contributed by atoms with Gasteiger partial charge in [0, 0.05) is 0 Å². The molecule has 1 heteroatoms. The molecule has 2 unspecified atom stereocenters. The normalized spacial score (nSPS) is 21.9. The van der Waals surface area contributed by atoms with Gasteiger partial charge in [-0.05, 0) is 53.1 Å². The molecule has 20 heavy (non-hydrogen) atoms. The molecule has 1 nitrogen and oxygen atoms in total. The lowest BCUT2D eigenvalue weighted by Gasteiger charge is -2.19. The number of hydrogen-bond acceptors (Lipinski definition) is 1. The van der Waals surface area contributed by atoms with E-state index in [0.29, 0.717) is 0 Å². The van der Waals surface area contributed by atoms with Crippen LogP contribution in [0, 0.1) is 6.92 Å². The Bertz CT molecular complexity index is 699. The van der Waals surface area contributed by atoms with Crippen molar-refractivity contribution in [2.45, 2.75) is 45.8 Å². The first-order chi connectivity index (χ1) is 9.72. The van der Waals surface area contributed by atoms with Crippen molar-refractivity contribution in [3.8, 4) is 0 Å². The Morgan fingerprint density at radius 1 is 0.800 bits per heavy atom. The summed E-state index contributed by atoms with van der Waals surface area (Å²) < 4.78 is 6.27. The van der Waals surface area contributed by atoms with Crippen molar-refractivity contribution < 1.29 is 4.74 Å². The summed E-state index contributed by atoms with van der Waals surface area (Å²) in [4.78, 5) is 0. The molecule has 2 aromatic carbocycles. The topological polar surface area (TPSA) is 9.23 Å². The van der Waals surface area contributed by atoms with E-state index in [1.165, 1.54) is 38.9 Å². The van der Waals surface area contributed by atoms with E-state index in [-0.39, 0.29) is 12.2 Å². The molecule has 2 heterocycles. The minimum Gasteiger partial charge on any atom is -0.356 e. The molecule has 2 aliphatic rings. The highest BCUT2D eigenvalue weighted by Crippen LogP contribution is 2.54. The molecule has 102 valence electrons. The Balaban J connectivity index is 1.90. The van der Waals surface area contributed by atoms with E-state index < -0.39 is 0 Å². The molecule has 0 aliphatic carbocycles. The maximum absolute atomic E-state index is 6.27. The number of fused-ring (bicyclic) bond motifs is 8. The summed E-state index contributed by atoms with van der Waals surface area (Å²) >= 11 is 0. The molecule has 0 saturated heterocycles. The van der Waals surface area contributed by atoms with E-state index >= 15 is 0 Å². The number of rotatable bonds is 2. The highest BCUT2D eigenvalue weighted by atomic mass is 16.5. The molecule has 2 atom stereocenters. The van der Waals surface area contributed by atoms with Crippen LogP contribution in [0.5, 0.6) is 0 Å². The van der Waals surface area contributed by atoms with Crippen LogP contribution in [0.25, 0.3) is 0 Å². The zero-order valence-electron chi connectivity index (χ0n) is 12.4. The molecule has 0 fully saturated rings. The van der Waals surface area contributed by atoms with Crippen LogP contribution in [0.2, 0.25) is 0 Å². The van der Waals surface area contributed by atoms with Crippen LogP contribution in [-0.2, 0) is 17.6 Å². The lowest BCUT2D eigenvalue weighted by atomic mass is 9.82. The van der Waals surface area contributed by atoms with Gasteiger partial charge in [0.1, 0.15) is 12.2 Å². The molecule has 0 radical (unpaired) electrons. The Labute approximate surface area is 120 Å². The molecule has 0 amide bonds. The monoisotopic (exact) mass is 264 g/mol. The quantitative estimate of drug-likeness (QED) is 0.767. The lowest BCUT2D eigenvalue weighted by molar-refractivity contribution is 0.0857. The molecule has 4 rings (SSSR count). The summed E-state index contributed by atoms with van der Waals surface area (Å²) in [6.07, 6.45) is 2.55. The Hall–Kier alpha value is -1.60. The van der Waals surface area contributed by atoms with Crippen molar-refractivity contribution in [3.05, 3.63) is 69.3 Å². The minimum absolute atomic E-state index is 0.168. The predicted octanol–water partition coefficient (Wildman–Crippen LogP) is 4.64. The van der Waals surface area contributed by atoms with Gasteiger partial charge in [0.15, 0.2) is 0 Å². The predicted molar refractivity (Wildman–Crippen MR) is 81.1 cm³/mol. The molecule has 0 saturated carbocycles. The highest BCUT2D eigenvalue weighted by molar-refractivity contribution is 5.57. The van der Waals surface area contributed by atoms with Gasteiger partial charge in [-0.2, -0.15) is 0 Å². The van der Waals surface area contributed by atoms with Gasteiger partial charge in [-0.15, -0.1) is 0 Å². The second-order valence-electron chi connectivity index (χ2n) is 5.99. The second kappa shape index (κ2) is 4.20. The standard InChI is InChI=1S/C19H20O/c1-4-12-9-16-17(10-13(12)5-2)19-15-8-11(3)6-7-14(15)18(16)20-19/h6-10,18-19H,4-5H2,1-3H3. The van der Waals surface area contributed by atoms with E-state index in [4.69, 9.17) is 4.74 Å². The van der Waals surface area contributed by atoms with Crippen LogP contribution in [0.15, 0.2) is 30.3 Å². The lowest BCUT2D eigenvalue weighted by Crippen LogP contribution is -2.06. The van der Waals surface area contributed by atoms with Gasteiger partial charge in [0.2, 0.25) is 0 Å². The van der Waals surface area contributed by atoms with Crippen LogP contribution in [-0.4, -0.2) is 0 Å². The van der Waals surface area contributed by atoms with Crippen molar-refractivity contribution in [2.75, 3.05) is 0 Å². The Morgan fingerprint density at radius 2 is 1.35 bits per heavy atom. The Kier molecular flexibility index (Phi) is 2.55. The smallest absolute Gasteiger partial charge is 0.110 e. The summed E-state index contributed by atoms with van der Waals surface area (Å²) in [7, 11) is 0. The largest absolute Gasteiger partial charge is 0.356 e. The summed E-state index contributed by atoms with van der Waals surface area (Å²) in [5.41, 5.74) is 9.85. The molecular formula is C19H20O. The number of hydrogen-bond donors (Lipinski definition) is 0. The molecule has 2 aromatic rings. The van der Waals surface area contributed by atoms with Crippen LogP contribution in [0.4, 0.5) is 0 Å². The maximum atomic E-state index is 6.27. The van der Waals surface area contributed by atoms with Gasteiger partial charge in [-0.25, -0.2) is 0 Å². The first kappa shape index (κ1) is 12.2. The summed E-state index contributed by atoms with van der Waals surface area (Å²) in [5.74, 6) is 0. The van der Waals surface area contributed by atoms with Crippen LogP contribution in [0.3, 0.4) is 0 Å². The van der Waals surface area contributed by atoms with Gasteiger partial charge < -0.3 is 4.74 Å². The maximum Gasteiger partial charge on any atom is 0.110 e. The van der Waals surface area contributed by atoms with Gasteiger partial charge in [-0.1, -0.05) is 49.7 Å². The zero-order chi connectivity index (χ0) is 13.9. The summed E-state index contributed by atoms with van der Waals surface area (Å²) in [6.45, 7) is 6.64. The minimum atomic E-state index is 0.168. The van der Waals surface area contributed by atoms with E-state index in [9.17, 15) is 0 Å². The fraction of sp³-hybridized carbons (Fsp3) is 0.368. The molecule has 0 spiro atoms. The third-order valence-corrected chi connectivity index (χ3v) is 4.81. The number of benzene rings is 2. The van der Waals surface area contributed by atoms with E-state index in [1.807, 2.05) is 0 Å². The van der Waals surface area contributed by atoms with Gasteiger partial charge >= 0.3 is 0 Å². The first-order valence-corrected chi connectivity index (χ1v) is 7.64. The third kappa shape index (κ3) is 1.47. The van der Waals surface area contributed by atoms with Crippen LogP contribution < -0.4 is 0 Å². The second-order valence-corrected chi connectivity index (χ2v) is 5.99. The van der Waals surface area contributed by atoms with Gasteiger partial charge in [0.25, 0.3) is 0 Å². The van der Waals surface area contributed by atoms with Crippen molar-refractivity contribution in [2.24, 2.45) is 0 Å². The summed E-state index contributed by atoms with van der Waals surface area (Å²) in [6, 6.07) is 11.5. The molecule has 0 N–H and O–H groups in total. The summed E-state index contributed by atoms with van der Waals surface area (Å²) in [5, 5.41) is 0. The molecule has 2 aliphatic heterocycles. The fourth-order valence-electron chi connectivity index (χ4n) is 3.76. The van der Waals surface area contributed by atoms with Gasteiger partial charge in [0.05, 0.1) is 0 Å². The molecular weight excluding hydrogens is 244 g/mol. The van der Waals surface area contributed by atoms with Crippen LogP contribution in [0.1, 0.15) is 65.0 Å². The zero-order valence-corrected chi connectivity index (χ0v) is 12.4. The third-order valence-electron chi connectivity index (χ3n) is 4.81. The van der Waals surface area contributed by atoms with E-state index in [2.05, 4.69) is 51.1 Å². The molecule has 2 bridgehead atoms. The van der Waals surface area contributed by atoms with E-state index in [0.717, 1.165) is 12.8 Å². The highest BCUT2D eigenvalue weighted by Gasteiger charge is 2.42. The molecule has 0 aromatic heterocycles. The van der Waals surface area contributed by atoms with Crippen molar-refractivity contribution in [3.63, 3.8) is 0 Å². The van der Waals surface area contributed by atoms with Gasteiger partial charge in [-0.3, -0.25) is 0 Å². The average Bonchev–Trinajstić information content (AvgIpc) is 3.01. The van der Waals surface area contributed by atoms with Crippen molar-refractivity contribution in [1.29, 1.82) is 0 Å². The van der Waals surface area contributed by atoms with E-state index in [1.54, 1.807) is 0 Å². The number of aryl methyl sites for hydroxylation is 3. The van der Waals surface area contributed by atoms with Crippen molar-refractivity contribution in [1.82, 2.24) is 0 Å². The SMILES string of the molecule is CCc1cc2c(cc1CC)C1OC2c2ccc(C)cc21. The first-order valence-electron chi connectivity index (χ1n) is 7.64. The van der Waals surface area contributed by atoms with Crippen molar-refractivity contribution >= 4 is 0 Å². The Morgan fingerprint density at radius 3 is 1.95 bits per heavy atom. The fourth-order valence-corrected chi connectivity index (χ4v) is 3.76.